The van der Waals surface area contributed by atoms with E-state index in [-0.39, 0.29) is 5.56 Å². The van der Waals surface area contributed by atoms with Crippen LogP contribution in [0.15, 0.2) is 12.1 Å². The molecule has 0 aliphatic heterocycles. The molecule has 0 aliphatic carbocycles. The van der Waals surface area contributed by atoms with E-state index in [0.29, 0.717) is 12.0 Å². The average molecular weight is 238 g/mol. The molecule has 0 bridgehead atoms. The summed E-state index contributed by atoms with van der Waals surface area (Å²) >= 11 is 0. The summed E-state index contributed by atoms with van der Waals surface area (Å²) in [4.78, 5) is 0. The maximum Gasteiger partial charge on any atom is 0.142 e. The van der Waals surface area contributed by atoms with Gasteiger partial charge in [0.05, 0.1) is 5.56 Å². The lowest BCUT2D eigenvalue weighted by Crippen LogP contribution is -2.14. The first-order valence-electron chi connectivity index (χ1n) is 5.57. The van der Waals surface area contributed by atoms with Crippen LogP contribution in [0.1, 0.15) is 38.3 Å². The molecule has 0 amide bonds. The molecule has 0 aliphatic rings. The van der Waals surface area contributed by atoms with Gasteiger partial charge in [-0.3, -0.25) is 0 Å². The van der Waals surface area contributed by atoms with Crippen LogP contribution in [0.3, 0.4) is 0 Å². The van der Waals surface area contributed by atoms with Crippen LogP contribution >= 0.6 is 0 Å². The Balaban J connectivity index is 3.13. The van der Waals surface area contributed by atoms with Gasteiger partial charge in [-0.2, -0.15) is 0 Å². The molecule has 17 heavy (non-hydrogen) atoms. The Morgan fingerprint density at radius 3 is 2.18 bits per heavy atom. The second kappa shape index (κ2) is 5.29. The summed E-state index contributed by atoms with van der Waals surface area (Å²) in [5.74, 6) is 3.39. The van der Waals surface area contributed by atoms with E-state index in [4.69, 9.17) is 0 Å². The van der Waals surface area contributed by atoms with Gasteiger partial charge in [0.25, 0.3) is 0 Å². The molecule has 1 aromatic carbocycles. The van der Waals surface area contributed by atoms with Crippen molar-refractivity contribution in [2.75, 3.05) is 0 Å². The van der Waals surface area contributed by atoms with E-state index < -0.39 is 17.2 Å². The largest absolute Gasteiger partial charge is 0.378 e. The summed E-state index contributed by atoms with van der Waals surface area (Å²) in [6.45, 7) is 4.86. The van der Waals surface area contributed by atoms with E-state index in [1.165, 1.54) is 26.0 Å². The van der Waals surface area contributed by atoms with Gasteiger partial charge >= 0.3 is 0 Å². The Bertz CT molecular complexity index is 438. The van der Waals surface area contributed by atoms with Crippen LogP contribution < -0.4 is 0 Å². The number of aryl methyl sites for hydroxylation is 1. The molecule has 1 N–H and O–H groups in total. The Kier molecular flexibility index (Phi) is 4.25. The third-order valence-corrected chi connectivity index (χ3v) is 2.13. The molecule has 1 rings (SSSR count). The molecule has 0 heterocycles. The van der Waals surface area contributed by atoms with Crippen molar-refractivity contribution >= 4 is 0 Å². The second-order valence-electron chi connectivity index (χ2n) is 4.49. The Morgan fingerprint density at radius 2 is 1.76 bits per heavy atom. The summed E-state index contributed by atoms with van der Waals surface area (Å²) in [6.07, 6.45) is 1.46. The van der Waals surface area contributed by atoms with E-state index in [0.717, 1.165) is 6.42 Å². The topological polar surface area (TPSA) is 20.2 Å². The number of rotatable bonds is 2. The molecule has 1 nitrogen and oxygen atoms in total. The molecule has 0 saturated heterocycles. The van der Waals surface area contributed by atoms with Crippen LogP contribution in [0.4, 0.5) is 8.78 Å². The van der Waals surface area contributed by atoms with E-state index in [9.17, 15) is 13.9 Å². The second-order valence-corrected chi connectivity index (χ2v) is 4.49. The molecule has 0 spiro atoms. The fraction of sp³-hybridized carbons (Fsp3) is 0.429. The molecule has 0 fully saturated rings. The standard InChI is InChI=1S/C14H16F2O/c1-4-5-10-8-12(15)11(13(16)9-10)6-7-14(2,3)17/h8-9,17H,4-5H2,1-3H3. The summed E-state index contributed by atoms with van der Waals surface area (Å²) in [5, 5.41) is 9.38. The predicted molar refractivity (Wildman–Crippen MR) is 63.5 cm³/mol. The van der Waals surface area contributed by atoms with Crippen molar-refractivity contribution in [1.82, 2.24) is 0 Å². The van der Waals surface area contributed by atoms with Crippen molar-refractivity contribution in [1.29, 1.82) is 0 Å². The van der Waals surface area contributed by atoms with E-state index in [1.807, 2.05) is 6.92 Å². The Morgan fingerprint density at radius 1 is 1.24 bits per heavy atom. The van der Waals surface area contributed by atoms with Gasteiger partial charge in [0.1, 0.15) is 17.2 Å². The zero-order valence-corrected chi connectivity index (χ0v) is 10.3. The lowest BCUT2D eigenvalue weighted by molar-refractivity contribution is 0.143. The van der Waals surface area contributed by atoms with Crippen LogP contribution in [-0.4, -0.2) is 10.7 Å². The van der Waals surface area contributed by atoms with Crippen LogP contribution in [0, 0.1) is 23.5 Å². The van der Waals surface area contributed by atoms with Gasteiger partial charge < -0.3 is 5.11 Å². The molecule has 0 radical (unpaired) electrons. The molecule has 3 heteroatoms. The van der Waals surface area contributed by atoms with Crippen LogP contribution in [0.2, 0.25) is 0 Å². The van der Waals surface area contributed by atoms with Crippen LogP contribution in [0.25, 0.3) is 0 Å². The molecule has 0 atom stereocenters. The van der Waals surface area contributed by atoms with Gasteiger partial charge in [-0.05, 0) is 38.0 Å². The molecule has 92 valence electrons. The fourth-order valence-corrected chi connectivity index (χ4v) is 1.39. The number of halogens is 2. The summed E-state index contributed by atoms with van der Waals surface area (Å²) in [7, 11) is 0. The van der Waals surface area contributed by atoms with Crippen molar-refractivity contribution < 1.29 is 13.9 Å². The molecular formula is C14H16F2O. The van der Waals surface area contributed by atoms with Crippen molar-refractivity contribution in [2.45, 2.75) is 39.2 Å². The van der Waals surface area contributed by atoms with E-state index in [1.54, 1.807) is 0 Å². The number of benzene rings is 1. The molecule has 0 saturated carbocycles. The first-order valence-corrected chi connectivity index (χ1v) is 5.57. The van der Waals surface area contributed by atoms with E-state index >= 15 is 0 Å². The smallest absolute Gasteiger partial charge is 0.142 e. The highest BCUT2D eigenvalue weighted by Crippen LogP contribution is 2.16. The van der Waals surface area contributed by atoms with E-state index in [2.05, 4.69) is 11.8 Å². The minimum absolute atomic E-state index is 0.285. The fourth-order valence-electron chi connectivity index (χ4n) is 1.39. The predicted octanol–water partition coefficient (Wildman–Crippen LogP) is 3.04. The van der Waals surface area contributed by atoms with Gasteiger partial charge in [-0.15, -0.1) is 0 Å². The quantitative estimate of drug-likeness (QED) is 0.785. The zero-order chi connectivity index (χ0) is 13.1. The average Bonchev–Trinajstić information content (AvgIpc) is 2.14. The minimum atomic E-state index is -1.26. The normalized spacial score (nSPS) is 10.9. The summed E-state index contributed by atoms with van der Waals surface area (Å²) in [6, 6.07) is 2.59. The van der Waals surface area contributed by atoms with Crippen molar-refractivity contribution in [3.05, 3.63) is 34.9 Å². The number of hydrogen-bond donors (Lipinski definition) is 1. The molecule has 1 aromatic rings. The highest BCUT2D eigenvalue weighted by molar-refractivity contribution is 5.40. The maximum atomic E-state index is 13.6. The monoisotopic (exact) mass is 238 g/mol. The van der Waals surface area contributed by atoms with Crippen molar-refractivity contribution in [2.24, 2.45) is 0 Å². The highest BCUT2D eigenvalue weighted by Gasteiger charge is 2.11. The van der Waals surface area contributed by atoms with Gasteiger partial charge in [0, 0.05) is 0 Å². The van der Waals surface area contributed by atoms with Crippen LogP contribution in [-0.2, 0) is 6.42 Å². The van der Waals surface area contributed by atoms with Gasteiger partial charge in [-0.25, -0.2) is 8.78 Å². The lowest BCUT2D eigenvalue weighted by Gasteiger charge is -2.07. The number of hydrogen-bond acceptors (Lipinski definition) is 1. The first-order chi connectivity index (χ1) is 7.83. The minimum Gasteiger partial charge on any atom is -0.378 e. The van der Waals surface area contributed by atoms with Crippen molar-refractivity contribution in [3.63, 3.8) is 0 Å². The number of aliphatic hydroxyl groups is 1. The molecule has 0 aromatic heterocycles. The first kappa shape index (κ1) is 13.7. The summed E-state index contributed by atoms with van der Waals surface area (Å²) in [5.41, 5.74) is -0.927. The van der Waals surface area contributed by atoms with Gasteiger partial charge in [0.2, 0.25) is 0 Å². The Hall–Kier alpha value is -1.40. The molecule has 0 unspecified atom stereocenters. The SMILES string of the molecule is CCCc1cc(F)c(C#CC(C)(C)O)c(F)c1. The highest BCUT2D eigenvalue weighted by atomic mass is 19.1. The summed E-state index contributed by atoms with van der Waals surface area (Å²) < 4.78 is 27.2. The third-order valence-electron chi connectivity index (χ3n) is 2.13. The van der Waals surface area contributed by atoms with Crippen molar-refractivity contribution in [3.8, 4) is 11.8 Å². The van der Waals surface area contributed by atoms with Gasteiger partial charge in [-0.1, -0.05) is 25.2 Å². The lowest BCUT2D eigenvalue weighted by atomic mass is 10.1. The maximum absolute atomic E-state index is 13.6. The Labute approximate surface area is 100 Å². The van der Waals surface area contributed by atoms with Crippen LogP contribution in [0.5, 0.6) is 0 Å². The third kappa shape index (κ3) is 4.16. The zero-order valence-electron chi connectivity index (χ0n) is 10.3. The molecular weight excluding hydrogens is 222 g/mol. The van der Waals surface area contributed by atoms with Gasteiger partial charge in [0.15, 0.2) is 0 Å².